The summed E-state index contributed by atoms with van der Waals surface area (Å²) in [7, 11) is 0. The molecule has 0 fully saturated rings. The van der Waals surface area contributed by atoms with Crippen LogP contribution in [0.5, 0.6) is 5.75 Å². The summed E-state index contributed by atoms with van der Waals surface area (Å²) >= 11 is 0. The van der Waals surface area contributed by atoms with E-state index in [4.69, 9.17) is 4.74 Å². The minimum atomic E-state index is -0.319. The molecule has 17 heavy (non-hydrogen) atoms. The largest absolute Gasteiger partial charge is 0.508 e. The standard InChI is InChI=1S/C14H14O3/c1-3-17-14(16)11-4-6-12-9(2)13(15)7-5-10(12)8-11/h4-8,15H,3H2,1-2H3. The molecule has 0 saturated heterocycles. The molecule has 2 aromatic carbocycles. The van der Waals surface area contributed by atoms with Crippen LogP contribution in [0, 0.1) is 6.92 Å². The maximum Gasteiger partial charge on any atom is 0.338 e. The minimum absolute atomic E-state index is 0.265. The summed E-state index contributed by atoms with van der Waals surface area (Å²) in [6.45, 7) is 3.99. The molecule has 0 saturated carbocycles. The van der Waals surface area contributed by atoms with Crippen molar-refractivity contribution in [2.45, 2.75) is 13.8 Å². The molecule has 0 aliphatic heterocycles. The Labute approximate surface area is 99.6 Å². The van der Waals surface area contributed by atoms with Crippen LogP contribution in [0.3, 0.4) is 0 Å². The number of hydrogen-bond donors (Lipinski definition) is 1. The molecular formula is C14H14O3. The van der Waals surface area contributed by atoms with Gasteiger partial charge < -0.3 is 9.84 Å². The third-order valence-electron chi connectivity index (χ3n) is 2.77. The highest BCUT2D eigenvalue weighted by atomic mass is 16.5. The van der Waals surface area contributed by atoms with Crippen molar-refractivity contribution in [3.8, 4) is 5.75 Å². The zero-order valence-electron chi connectivity index (χ0n) is 9.86. The van der Waals surface area contributed by atoms with Crippen molar-refractivity contribution >= 4 is 16.7 Å². The molecule has 0 heterocycles. The number of esters is 1. The van der Waals surface area contributed by atoms with E-state index in [1.54, 1.807) is 31.2 Å². The van der Waals surface area contributed by atoms with E-state index in [1.807, 2.05) is 13.0 Å². The van der Waals surface area contributed by atoms with E-state index in [-0.39, 0.29) is 11.7 Å². The molecule has 0 aromatic heterocycles. The van der Waals surface area contributed by atoms with Crippen molar-refractivity contribution in [1.82, 2.24) is 0 Å². The highest BCUT2D eigenvalue weighted by Gasteiger charge is 2.08. The number of benzene rings is 2. The second kappa shape index (κ2) is 4.45. The predicted molar refractivity (Wildman–Crippen MR) is 66.3 cm³/mol. The first-order valence-corrected chi connectivity index (χ1v) is 5.53. The first-order valence-electron chi connectivity index (χ1n) is 5.53. The molecule has 0 spiro atoms. The topological polar surface area (TPSA) is 46.5 Å². The number of carbonyl (C=O) groups is 1. The number of hydrogen-bond acceptors (Lipinski definition) is 3. The summed E-state index contributed by atoms with van der Waals surface area (Å²) in [4.78, 5) is 11.6. The Kier molecular flexibility index (Phi) is 3.00. The van der Waals surface area contributed by atoms with Gasteiger partial charge in [-0.3, -0.25) is 0 Å². The number of aryl methyl sites for hydroxylation is 1. The van der Waals surface area contributed by atoms with Crippen molar-refractivity contribution in [2.75, 3.05) is 6.61 Å². The van der Waals surface area contributed by atoms with Gasteiger partial charge in [-0.15, -0.1) is 0 Å². The Morgan fingerprint density at radius 1 is 1.29 bits per heavy atom. The van der Waals surface area contributed by atoms with Crippen LogP contribution < -0.4 is 0 Å². The Balaban J connectivity index is 2.52. The number of ether oxygens (including phenoxy) is 1. The number of rotatable bonds is 2. The van der Waals surface area contributed by atoms with E-state index in [9.17, 15) is 9.90 Å². The van der Waals surface area contributed by atoms with Crippen LogP contribution in [0.1, 0.15) is 22.8 Å². The Morgan fingerprint density at radius 2 is 2.06 bits per heavy atom. The quantitative estimate of drug-likeness (QED) is 0.806. The van der Waals surface area contributed by atoms with E-state index in [0.717, 1.165) is 16.3 Å². The molecule has 2 rings (SSSR count). The average Bonchev–Trinajstić information content (AvgIpc) is 2.34. The highest BCUT2D eigenvalue weighted by molar-refractivity contribution is 5.96. The number of aromatic hydroxyl groups is 1. The van der Waals surface area contributed by atoms with Crippen LogP contribution in [0.15, 0.2) is 30.3 Å². The Bertz CT molecular complexity index is 573. The fraction of sp³-hybridized carbons (Fsp3) is 0.214. The normalized spacial score (nSPS) is 10.5. The van der Waals surface area contributed by atoms with Crippen molar-refractivity contribution in [3.63, 3.8) is 0 Å². The van der Waals surface area contributed by atoms with Crippen LogP contribution >= 0.6 is 0 Å². The number of phenolic OH excluding ortho intramolecular Hbond substituents is 1. The molecule has 2 aromatic rings. The van der Waals surface area contributed by atoms with Gasteiger partial charge in [0.2, 0.25) is 0 Å². The van der Waals surface area contributed by atoms with Crippen molar-refractivity contribution in [3.05, 3.63) is 41.5 Å². The number of phenols is 1. The van der Waals surface area contributed by atoms with Gasteiger partial charge in [0.15, 0.2) is 0 Å². The third kappa shape index (κ3) is 2.09. The lowest BCUT2D eigenvalue weighted by molar-refractivity contribution is 0.0526. The Morgan fingerprint density at radius 3 is 2.76 bits per heavy atom. The lowest BCUT2D eigenvalue weighted by Gasteiger charge is -2.07. The molecular weight excluding hydrogens is 216 g/mol. The molecule has 0 aliphatic rings. The second-order valence-corrected chi connectivity index (χ2v) is 3.87. The second-order valence-electron chi connectivity index (χ2n) is 3.87. The fourth-order valence-electron chi connectivity index (χ4n) is 1.82. The molecule has 3 heteroatoms. The minimum Gasteiger partial charge on any atom is -0.508 e. The molecule has 0 atom stereocenters. The first kappa shape index (κ1) is 11.5. The van der Waals surface area contributed by atoms with Crippen molar-refractivity contribution < 1.29 is 14.6 Å². The zero-order valence-corrected chi connectivity index (χ0v) is 9.86. The molecule has 1 N–H and O–H groups in total. The van der Waals surface area contributed by atoms with Gasteiger partial charge in [-0.1, -0.05) is 12.1 Å². The van der Waals surface area contributed by atoms with Gasteiger partial charge in [-0.25, -0.2) is 4.79 Å². The van der Waals surface area contributed by atoms with Gasteiger partial charge in [-0.2, -0.15) is 0 Å². The van der Waals surface area contributed by atoms with Crippen LogP contribution in [0.2, 0.25) is 0 Å². The van der Waals surface area contributed by atoms with Gasteiger partial charge in [0.05, 0.1) is 12.2 Å². The molecule has 0 unspecified atom stereocenters. The number of fused-ring (bicyclic) bond motifs is 1. The smallest absolute Gasteiger partial charge is 0.338 e. The monoisotopic (exact) mass is 230 g/mol. The van der Waals surface area contributed by atoms with Gasteiger partial charge >= 0.3 is 5.97 Å². The highest BCUT2D eigenvalue weighted by Crippen LogP contribution is 2.26. The molecule has 0 amide bonds. The molecule has 0 radical (unpaired) electrons. The third-order valence-corrected chi connectivity index (χ3v) is 2.77. The summed E-state index contributed by atoms with van der Waals surface area (Å²) in [5, 5.41) is 11.5. The summed E-state index contributed by atoms with van der Waals surface area (Å²) in [5.41, 5.74) is 1.35. The average molecular weight is 230 g/mol. The predicted octanol–water partition coefficient (Wildman–Crippen LogP) is 3.03. The van der Waals surface area contributed by atoms with E-state index in [0.29, 0.717) is 12.2 Å². The summed E-state index contributed by atoms with van der Waals surface area (Å²) in [6, 6.07) is 8.75. The van der Waals surface area contributed by atoms with E-state index in [1.165, 1.54) is 0 Å². The fourth-order valence-corrected chi connectivity index (χ4v) is 1.82. The number of carbonyl (C=O) groups excluding carboxylic acids is 1. The maximum atomic E-state index is 11.6. The SMILES string of the molecule is CCOC(=O)c1ccc2c(C)c(O)ccc2c1. The molecule has 3 nitrogen and oxygen atoms in total. The van der Waals surface area contributed by atoms with E-state index < -0.39 is 0 Å². The summed E-state index contributed by atoms with van der Waals surface area (Å²) in [5.74, 6) is -0.0542. The van der Waals surface area contributed by atoms with Gasteiger partial charge in [0, 0.05) is 0 Å². The first-order chi connectivity index (χ1) is 8.13. The Hall–Kier alpha value is -2.03. The zero-order chi connectivity index (χ0) is 12.4. The molecule has 0 aliphatic carbocycles. The molecule has 0 bridgehead atoms. The van der Waals surface area contributed by atoms with Crippen molar-refractivity contribution in [2.24, 2.45) is 0 Å². The van der Waals surface area contributed by atoms with Crippen LogP contribution in [-0.4, -0.2) is 17.7 Å². The van der Waals surface area contributed by atoms with Crippen molar-refractivity contribution in [1.29, 1.82) is 0 Å². The summed E-state index contributed by atoms with van der Waals surface area (Å²) < 4.78 is 4.94. The van der Waals surface area contributed by atoms with E-state index >= 15 is 0 Å². The van der Waals surface area contributed by atoms with Crippen LogP contribution in [-0.2, 0) is 4.74 Å². The van der Waals surface area contributed by atoms with Crippen LogP contribution in [0.25, 0.3) is 10.8 Å². The van der Waals surface area contributed by atoms with Gasteiger partial charge in [-0.05, 0) is 48.4 Å². The molecule has 88 valence electrons. The van der Waals surface area contributed by atoms with Gasteiger partial charge in [0.1, 0.15) is 5.75 Å². The lowest BCUT2D eigenvalue weighted by Crippen LogP contribution is -2.04. The lowest BCUT2D eigenvalue weighted by atomic mass is 10.0. The van der Waals surface area contributed by atoms with Crippen LogP contribution in [0.4, 0.5) is 0 Å². The maximum absolute atomic E-state index is 11.6. The van der Waals surface area contributed by atoms with Gasteiger partial charge in [0.25, 0.3) is 0 Å². The summed E-state index contributed by atoms with van der Waals surface area (Å²) in [6.07, 6.45) is 0. The van der Waals surface area contributed by atoms with E-state index in [2.05, 4.69) is 0 Å².